The van der Waals surface area contributed by atoms with Crippen LogP contribution in [0.3, 0.4) is 0 Å². The minimum Gasteiger partial charge on any atom is -0.308 e. The van der Waals surface area contributed by atoms with E-state index >= 15 is 0 Å². The molecule has 0 bridgehead atoms. The molecule has 0 aliphatic carbocycles. The molecule has 0 radical (unpaired) electrons. The molecule has 0 N–H and O–H groups in total. The molecule has 2 aromatic heterocycles. The minimum atomic E-state index is -0.318. The minimum absolute atomic E-state index is 0.0520. The molecule has 0 aliphatic rings. The number of anilines is 1. The summed E-state index contributed by atoms with van der Waals surface area (Å²) in [6.45, 7) is 4.17. The molecule has 0 spiro atoms. The van der Waals surface area contributed by atoms with E-state index in [0.717, 1.165) is 11.1 Å². The molecule has 30 heavy (non-hydrogen) atoms. The molecule has 150 valence electrons. The van der Waals surface area contributed by atoms with Gasteiger partial charge in [-0.1, -0.05) is 36.0 Å². The highest BCUT2D eigenvalue weighted by atomic mass is 32.2. The van der Waals surface area contributed by atoms with Gasteiger partial charge in [-0.05, 0) is 36.4 Å². The van der Waals surface area contributed by atoms with Crippen LogP contribution >= 0.6 is 11.8 Å². The standard InChI is InChI=1S/C22H18FN5OS/c1-2-12-27(17-6-4-3-5-7-17)20(29)14-30-22-19-13-26-28(21(19)24-15-25-22)18-10-8-16(23)9-11-18/h2-11,13,15H,1,12,14H2. The summed E-state index contributed by atoms with van der Waals surface area (Å²) in [6, 6.07) is 15.5. The summed E-state index contributed by atoms with van der Waals surface area (Å²) in [7, 11) is 0. The molecular formula is C22H18FN5OS. The van der Waals surface area contributed by atoms with Gasteiger partial charge in [0.15, 0.2) is 5.65 Å². The molecule has 2 heterocycles. The summed E-state index contributed by atoms with van der Waals surface area (Å²) >= 11 is 1.33. The third-order valence-electron chi connectivity index (χ3n) is 4.41. The lowest BCUT2D eigenvalue weighted by molar-refractivity contribution is -0.116. The summed E-state index contributed by atoms with van der Waals surface area (Å²) < 4.78 is 14.8. The van der Waals surface area contributed by atoms with Gasteiger partial charge in [0.05, 0.1) is 23.0 Å². The Bertz CT molecular complexity index is 1180. The molecule has 4 aromatic rings. The molecule has 0 saturated heterocycles. The summed E-state index contributed by atoms with van der Waals surface area (Å²) in [5.41, 5.74) is 2.11. The molecule has 0 aliphatic heterocycles. The van der Waals surface area contributed by atoms with E-state index in [9.17, 15) is 9.18 Å². The zero-order chi connectivity index (χ0) is 20.9. The number of carbonyl (C=O) groups excluding carboxylic acids is 1. The average Bonchev–Trinajstić information content (AvgIpc) is 3.22. The zero-order valence-electron chi connectivity index (χ0n) is 16.0. The highest BCUT2D eigenvalue weighted by Crippen LogP contribution is 2.26. The van der Waals surface area contributed by atoms with Crippen LogP contribution in [0.1, 0.15) is 0 Å². The Hall–Kier alpha value is -3.52. The topological polar surface area (TPSA) is 63.9 Å². The SMILES string of the molecule is C=CCN(C(=O)CSc1ncnc2c1cnn2-c1ccc(F)cc1)c1ccccc1. The Kier molecular flexibility index (Phi) is 5.85. The van der Waals surface area contributed by atoms with E-state index in [4.69, 9.17) is 0 Å². The molecule has 0 atom stereocenters. The molecule has 1 amide bonds. The second-order valence-electron chi connectivity index (χ2n) is 6.37. The van der Waals surface area contributed by atoms with Crippen molar-refractivity contribution >= 4 is 34.4 Å². The Labute approximate surface area is 177 Å². The third kappa shape index (κ3) is 4.08. The number of hydrogen-bond acceptors (Lipinski definition) is 5. The van der Waals surface area contributed by atoms with E-state index in [2.05, 4.69) is 21.6 Å². The van der Waals surface area contributed by atoms with Crippen LogP contribution in [0.25, 0.3) is 16.7 Å². The molecular weight excluding hydrogens is 401 g/mol. The van der Waals surface area contributed by atoms with Crippen molar-refractivity contribution in [3.63, 3.8) is 0 Å². The van der Waals surface area contributed by atoms with E-state index in [1.807, 2.05) is 30.3 Å². The van der Waals surface area contributed by atoms with Gasteiger partial charge in [-0.15, -0.1) is 6.58 Å². The maximum Gasteiger partial charge on any atom is 0.237 e. The molecule has 2 aromatic carbocycles. The third-order valence-corrected chi connectivity index (χ3v) is 5.40. The molecule has 6 nitrogen and oxygen atoms in total. The van der Waals surface area contributed by atoms with Gasteiger partial charge in [-0.2, -0.15) is 5.10 Å². The second-order valence-corrected chi connectivity index (χ2v) is 7.33. The van der Waals surface area contributed by atoms with E-state index < -0.39 is 0 Å². The molecule has 8 heteroatoms. The fourth-order valence-electron chi connectivity index (χ4n) is 3.01. The van der Waals surface area contributed by atoms with E-state index in [-0.39, 0.29) is 17.5 Å². The first-order valence-corrected chi connectivity index (χ1v) is 10.2. The number of aromatic nitrogens is 4. The Morgan fingerprint density at radius 2 is 1.90 bits per heavy atom. The molecule has 4 rings (SSSR count). The summed E-state index contributed by atoms with van der Waals surface area (Å²) in [5, 5.41) is 5.76. The highest BCUT2D eigenvalue weighted by molar-refractivity contribution is 8.00. The largest absolute Gasteiger partial charge is 0.308 e. The zero-order valence-corrected chi connectivity index (χ0v) is 16.8. The van der Waals surface area contributed by atoms with Gasteiger partial charge in [0, 0.05) is 12.2 Å². The van der Waals surface area contributed by atoms with Crippen molar-refractivity contribution in [2.45, 2.75) is 5.03 Å². The van der Waals surface area contributed by atoms with Gasteiger partial charge < -0.3 is 4.90 Å². The van der Waals surface area contributed by atoms with Crippen molar-refractivity contribution in [1.82, 2.24) is 19.7 Å². The maximum absolute atomic E-state index is 13.2. The van der Waals surface area contributed by atoms with Crippen molar-refractivity contribution in [2.75, 3.05) is 17.2 Å². The first-order valence-electron chi connectivity index (χ1n) is 9.21. The number of rotatable bonds is 7. The van der Waals surface area contributed by atoms with Crippen LogP contribution in [0.5, 0.6) is 0 Å². The Morgan fingerprint density at radius 1 is 1.13 bits per heavy atom. The van der Waals surface area contributed by atoms with Crippen LogP contribution in [0.2, 0.25) is 0 Å². The first-order chi connectivity index (χ1) is 14.7. The quantitative estimate of drug-likeness (QED) is 0.254. The number of benzene rings is 2. The number of hydrogen-bond donors (Lipinski definition) is 0. The van der Waals surface area contributed by atoms with Gasteiger partial charge in [-0.25, -0.2) is 19.0 Å². The number of fused-ring (bicyclic) bond motifs is 1. The van der Waals surface area contributed by atoms with Gasteiger partial charge >= 0.3 is 0 Å². The predicted molar refractivity (Wildman–Crippen MR) is 116 cm³/mol. The predicted octanol–water partition coefficient (Wildman–Crippen LogP) is 4.27. The fourth-order valence-corrected chi connectivity index (χ4v) is 3.84. The van der Waals surface area contributed by atoms with E-state index in [0.29, 0.717) is 22.9 Å². The van der Waals surface area contributed by atoms with Crippen LogP contribution < -0.4 is 4.90 Å². The molecule has 0 unspecified atom stereocenters. The Morgan fingerprint density at radius 3 is 2.63 bits per heavy atom. The maximum atomic E-state index is 13.2. The van der Waals surface area contributed by atoms with Crippen LogP contribution in [0.15, 0.2) is 84.8 Å². The number of nitrogens with zero attached hydrogens (tertiary/aromatic N) is 5. The van der Waals surface area contributed by atoms with Gasteiger partial charge in [0.25, 0.3) is 0 Å². The summed E-state index contributed by atoms with van der Waals surface area (Å²) in [5.74, 6) is -0.165. The van der Waals surface area contributed by atoms with Gasteiger partial charge in [0.2, 0.25) is 5.91 Å². The number of para-hydroxylation sites is 1. The van der Waals surface area contributed by atoms with E-state index in [1.54, 1.807) is 34.0 Å². The van der Waals surface area contributed by atoms with Gasteiger partial charge in [-0.3, -0.25) is 4.79 Å². The van der Waals surface area contributed by atoms with Crippen molar-refractivity contribution in [2.24, 2.45) is 0 Å². The first kappa shape index (κ1) is 19.8. The van der Waals surface area contributed by atoms with Crippen LogP contribution in [-0.2, 0) is 4.79 Å². The lowest BCUT2D eigenvalue weighted by atomic mass is 10.3. The van der Waals surface area contributed by atoms with Crippen LogP contribution in [-0.4, -0.2) is 38.0 Å². The fraction of sp³-hybridized carbons (Fsp3) is 0.0909. The van der Waals surface area contributed by atoms with Crippen LogP contribution in [0, 0.1) is 5.82 Å². The van der Waals surface area contributed by atoms with Crippen molar-refractivity contribution < 1.29 is 9.18 Å². The number of thioether (sulfide) groups is 1. The lowest BCUT2D eigenvalue weighted by Crippen LogP contribution is -2.32. The average molecular weight is 419 g/mol. The van der Waals surface area contributed by atoms with E-state index in [1.165, 1.54) is 30.2 Å². The number of halogens is 1. The normalized spacial score (nSPS) is 10.8. The second kappa shape index (κ2) is 8.87. The van der Waals surface area contributed by atoms with Crippen molar-refractivity contribution in [3.05, 3.63) is 85.6 Å². The molecule has 0 fully saturated rings. The Balaban J connectivity index is 1.56. The smallest absolute Gasteiger partial charge is 0.237 e. The van der Waals surface area contributed by atoms with Gasteiger partial charge in [0.1, 0.15) is 17.2 Å². The highest BCUT2D eigenvalue weighted by Gasteiger charge is 2.17. The number of carbonyl (C=O) groups is 1. The van der Waals surface area contributed by atoms with Crippen molar-refractivity contribution in [3.8, 4) is 5.69 Å². The van der Waals surface area contributed by atoms with Crippen molar-refractivity contribution in [1.29, 1.82) is 0 Å². The monoisotopic (exact) mass is 419 g/mol. The number of amides is 1. The van der Waals surface area contributed by atoms with Crippen LogP contribution in [0.4, 0.5) is 10.1 Å². The summed E-state index contributed by atoms with van der Waals surface area (Å²) in [6.07, 6.45) is 4.80. The summed E-state index contributed by atoms with van der Waals surface area (Å²) in [4.78, 5) is 23.2. The molecule has 0 saturated carbocycles. The lowest BCUT2D eigenvalue weighted by Gasteiger charge is -2.21.